The normalized spacial score (nSPS) is 18.0. The van der Waals surface area contributed by atoms with Crippen molar-refractivity contribution in [3.8, 4) is 5.75 Å². The first-order chi connectivity index (χ1) is 14.4. The Bertz CT molecular complexity index is 750. The molecule has 1 aliphatic heterocycles. The number of amides is 3. The SMILES string of the molecule is CCOc1ccc(C(=O)NC(C(=O)N2CCN(C(=O)C3CCC3)CC2)C(C)C)cc1. The number of nitrogens with one attached hydrogen (secondary N) is 1. The minimum atomic E-state index is -0.599. The van der Waals surface area contributed by atoms with E-state index in [-0.39, 0.29) is 29.6 Å². The maximum atomic E-state index is 13.1. The highest BCUT2D eigenvalue weighted by Gasteiger charge is 2.34. The zero-order valence-corrected chi connectivity index (χ0v) is 18.2. The highest BCUT2D eigenvalue weighted by molar-refractivity contribution is 5.97. The predicted octanol–water partition coefficient (Wildman–Crippen LogP) is 2.31. The van der Waals surface area contributed by atoms with Gasteiger partial charge in [0.15, 0.2) is 0 Å². The highest BCUT2D eigenvalue weighted by atomic mass is 16.5. The van der Waals surface area contributed by atoms with E-state index in [0.29, 0.717) is 44.1 Å². The molecular weight excluding hydrogens is 382 g/mol. The van der Waals surface area contributed by atoms with Gasteiger partial charge in [-0.15, -0.1) is 0 Å². The Morgan fingerprint density at radius 2 is 1.63 bits per heavy atom. The lowest BCUT2D eigenvalue weighted by Crippen LogP contribution is -2.57. The van der Waals surface area contributed by atoms with Crippen LogP contribution in [0.4, 0.5) is 0 Å². The summed E-state index contributed by atoms with van der Waals surface area (Å²) in [6.07, 6.45) is 3.12. The molecule has 1 saturated carbocycles. The number of hydrogen-bond acceptors (Lipinski definition) is 4. The average molecular weight is 416 g/mol. The number of benzene rings is 1. The third-order valence-corrected chi connectivity index (χ3v) is 6.00. The molecule has 0 spiro atoms. The van der Waals surface area contributed by atoms with Crippen LogP contribution in [0.15, 0.2) is 24.3 Å². The van der Waals surface area contributed by atoms with E-state index in [4.69, 9.17) is 4.74 Å². The summed E-state index contributed by atoms with van der Waals surface area (Å²) in [6, 6.07) is 6.31. The van der Waals surface area contributed by atoms with Crippen LogP contribution in [0.25, 0.3) is 0 Å². The molecule has 1 saturated heterocycles. The summed E-state index contributed by atoms with van der Waals surface area (Å²) in [7, 11) is 0. The second kappa shape index (κ2) is 9.96. The molecule has 2 fully saturated rings. The van der Waals surface area contributed by atoms with Gasteiger partial charge in [0.2, 0.25) is 11.8 Å². The van der Waals surface area contributed by atoms with Crippen molar-refractivity contribution in [2.75, 3.05) is 32.8 Å². The van der Waals surface area contributed by atoms with Gasteiger partial charge in [-0.3, -0.25) is 14.4 Å². The van der Waals surface area contributed by atoms with Crippen LogP contribution < -0.4 is 10.1 Å². The first-order valence-corrected chi connectivity index (χ1v) is 11.0. The first-order valence-electron chi connectivity index (χ1n) is 11.0. The van der Waals surface area contributed by atoms with Gasteiger partial charge in [0, 0.05) is 37.7 Å². The van der Waals surface area contributed by atoms with E-state index in [0.717, 1.165) is 19.3 Å². The van der Waals surface area contributed by atoms with Crippen LogP contribution in [0.5, 0.6) is 5.75 Å². The fourth-order valence-electron chi connectivity index (χ4n) is 3.86. The summed E-state index contributed by atoms with van der Waals surface area (Å²) >= 11 is 0. The van der Waals surface area contributed by atoms with Crippen LogP contribution in [0, 0.1) is 11.8 Å². The number of carbonyl (C=O) groups is 3. The largest absolute Gasteiger partial charge is 0.494 e. The Labute approximate surface area is 178 Å². The third-order valence-electron chi connectivity index (χ3n) is 6.00. The van der Waals surface area contributed by atoms with Crippen molar-refractivity contribution in [2.24, 2.45) is 11.8 Å². The van der Waals surface area contributed by atoms with E-state index in [1.54, 1.807) is 29.2 Å². The highest BCUT2D eigenvalue weighted by Crippen LogP contribution is 2.28. The standard InChI is InChI=1S/C23H33N3O4/c1-4-30-19-10-8-17(9-11-19)21(27)24-20(16(2)3)23(29)26-14-12-25(13-15-26)22(28)18-6-5-7-18/h8-11,16,18,20H,4-7,12-15H2,1-3H3,(H,24,27). The lowest BCUT2D eigenvalue weighted by Gasteiger charge is -2.39. The molecule has 164 valence electrons. The van der Waals surface area contributed by atoms with E-state index in [2.05, 4.69) is 5.32 Å². The van der Waals surface area contributed by atoms with Crippen molar-refractivity contribution in [3.63, 3.8) is 0 Å². The van der Waals surface area contributed by atoms with Gasteiger partial charge >= 0.3 is 0 Å². The van der Waals surface area contributed by atoms with Crippen molar-refractivity contribution in [3.05, 3.63) is 29.8 Å². The van der Waals surface area contributed by atoms with Crippen molar-refractivity contribution >= 4 is 17.7 Å². The molecule has 1 unspecified atom stereocenters. The molecule has 7 nitrogen and oxygen atoms in total. The van der Waals surface area contributed by atoms with Gasteiger partial charge in [0.25, 0.3) is 5.91 Å². The molecule has 0 bridgehead atoms. The summed E-state index contributed by atoms with van der Waals surface area (Å²) in [5.74, 6) is 0.726. The summed E-state index contributed by atoms with van der Waals surface area (Å²) < 4.78 is 5.41. The molecule has 2 aliphatic rings. The lowest BCUT2D eigenvalue weighted by molar-refractivity contribution is -0.145. The lowest BCUT2D eigenvalue weighted by atomic mass is 9.84. The second-order valence-electron chi connectivity index (χ2n) is 8.43. The van der Waals surface area contributed by atoms with E-state index in [9.17, 15) is 14.4 Å². The maximum absolute atomic E-state index is 13.1. The minimum absolute atomic E-state index is 0.0428. The summed E-state index contributed by atoms with van der Waals surface area (Å²) in [5, 5.41) is 2.90. The number of nitrogens with zero attached hydrogens (tertiary/aromatic N) is 2. The molecular formula is C23H33N3O4. The number of carbonyl (C=O) groups excluding carboxylic acids is 3. The monoisotopic (exact) mass is 415 g/mol. The number of hydrogen-bond donors (Lipinski definition) is 1. The Kier molecular flexibility index (Phi) is 7.34. The summed E-state index contributed by atoms with van der Waals surface area (Å²) in [6.45, 7) is 8.49. The van der Waals surface area contributed by atoms with Crippen LogP contribution in [0.3, 0.4) is 0 Å². The molecule has 3 rings (SSSR count). The smallest absolute Gasteiger partial charge is 0.251 e. The topological polar surface area (TPSA) is 79.0 Å². The molecule has 3 amide bonds. The maximum Gasteiger partial charge on any atom is 0.251 e. The molecule has 1 atom stereocenters. The quantitative estimate of drug-likeness (QED) is 0.741. The van der Waals surface area contributed by atoms with Crippen LogP contribution in [0.1, 0.15) is 50.4 Å². The Morgan fingerprint density at radius 1 is 1.03 bits per heavy atom. The Morgan fingerprint density at radius 3 is 2.13 bits per heavy atom. The van der Waals surface area contributed by atoms with Crippen molar-refractivity contribution < 1.29 is 19.1 Å². The van der Waals surface area contributed by atoms with E-state index >= 15 is 0 Å². The molecule has 1 aromatic carbocycles. The number of piperazine rings is 1. The zero-order valence-electron chi connectivity index (χ0n) is 18.2. The van der Waals surface area contributed by atoms with Crippen LogP contribution >= 0.6 is 0 Å². The fourth-order valence-corrected chi connectivity index (χ4v) is 3.86. The van der Waals surface area contributed by atoms with Crippen molar-refractivity contribution in [2.45, 2.75) is 46.1 Å². The van der Waals surface area contributed by atoms with Crippen LogP contribution in [0.2, 0.25) is 0 Å². The van der Waals surface area contributed by atoms with Gasteiger partial charge in [0.1, 0.15) is 11.8 Å². The van der Waals surface area contributed by atoms with E-state index < -0.39 is 6.04 Å². The van der Waals surface area contributed by atoms with Gasteiger partial charge in [-0.2, -0.15) is 0 Å². The second-order valence-corrected chi connectivity index (χ2v) is 8.43. The third kappa shape index (κ3) is 5.12. The molecule has 7 heteroatoms. The average Bonchev–Trinajstić information content (AvgIpc) is 2.70. The van der Waals surface area contributed by atoms with E-state index in [1.165, 1.54) is 0 Å². The van der Waals surface area contributed by atoms with Gasteiger partial charge in [-0.25, -0.2) is 0 Å². The number of ether oxygens (including phenoxy) is 1. The minimum Gasteiger partial charge on any atom is -0.494 e. The molecule has 1 aliphatic carbocycles. The van der Waals surface area contributed by atoms with Crippen LogP contribution in [-0.4, -0.2) is 66.3 Å². The first kappa shape index (κ1) is 22.1. The zero-order chi connectivity index (χ0) is 21.7. The van der Waals surface area contributed by atoms with Gasteiger partial charge < -0.3 is 19.9 Å². The van der Waals surface area contributed by atoms with Gasteiger partial charge in [-0.05, 0) is 49.9 Å². The molecule has 0 aromatic heterocycles. The Hall–Kier alpha value is -2.57. The van der Waals surface area contributed by atoms with Crippen molar-refractivity contribution in [1.29, 1.82) is 0 Å². The fraction of sp³-hybridized carbons (Fsp3) is 0.609. The summed E-state index contributed by atoms with van der Waals surface area (Å²) in [4.78, 5) is 41.9. The number of rotatable bonds is 7. The molecule has 1 aromatic rings. The molecule has 1 N–H and O–H groups in total. The van der Waals surface area contributed by atoms with Gasteiger partial charge in [-0.1, -0.05) is 20.3 Å². The molecule has 30 heavy (non-hydrogen) atoms. The van der Waals surface area contributed by atoms with Gasteiger partial charge in [0.05, 0.1) is 6.61 Å². The molecule has 0 radical (unpaired) electrons. The molecule has 1 heterocycles. The van der Waals surface area contributed by atoms with E-state index in [1.807, 2.05) is 25.7 Å². The summed E-state index contributed by atoms with van der Waals surface area (Å²) in [5.41, 5.74) is 0.493. The van der Waals surface area contributed by atoms with Crippen molar-refractivity contribution in [1.82, 2.24) is 15.1 Å². The predicted molar refractivity (Wildman–Crippen MR) is 114 cm³/mol. The van der Waals surface area contributed by atoms with Crippen LogP contribution in [-0.2, 0) is 9.59 Å². The Balaban J connectivity index is 1.56.